The van der Waals surface area contributed by atoms with Crippen LogP contribution in [0.25, 0.3) is 0 Å². The highest BCUT2D eigenvalue weighted by Crippen LogP contribution is 2.23. The van der Waals surface area contributed by atoms with Gasteiger partial charge in [0.15, 0.2) is 6.23 Å². The normalized spacial score (nSPS) is 33.7. The number of ether oxygens (including phenoxy) is 1. The topological polar surface area (TPSA) is 142 Å². The summed E-state index contributed by atoms with van der Waals surface area (Å²) in [7, 11) is -3.77. The maximum atomic E-state index is 11.1. The number of hydrogen-bond donors (Lipinski definition) is 5. The lowest BCUT2D eigenvalue weighted by Gasteiger charge is -2.39. The number of aliphatic hydroxyl groups excluding tert-OH is 3. The van der Waals surface area contributed by atoms with E-state index in [0.29, 0.717) is 5.69 Å². The fraction of sp³-hybridized carbons (Fsp3) is 0.500. The minimum Gasteiger partial charge on any atom is -0.388 e. The van der Waals surface area contributed by atoms with E-state index >= 15 is 0 Å². The predicted octanol–water partition coefficient (Wildman–Crippen LogP) is -1.43. The zero-order chi connectivity index (χ0) is 15.8. The van der Waals surface area contributed by atoms with E-state index in [2.05, 4.69) is 5.32 Å². The van der Waals surface area contributed by atoms with E-state index in [0.717, 1.165) is 0 Å². The van der Waals surface area contributed by atoms with Gasteiger partial charge in [-0.1, -0.05) is 0 Å². The number of sulfonamides is 1. The summed E-state index contributed by atoms with van der Waals surface area (Å²) in [6.45, 7) is 1.57. The Morgan fingerprint density at radius 3 is 2.19 bits per heavy atom. The van der Waals surface area contributed by atoms with Crippen LogP contribution in [0, 0.1) is 0 Å². The highest BCUT2D eigenvalue weighted by atomic mass is 32.2. The number of anilines is 1. The van der Waals surface area contributed by atoms with Crippen molar-refractivity contribution in [2.45, 2.75) is 42.5 Å². The van der Waals surface area contributed by atoms with Crippen LogP contribution in [0.2, 0.25) is 0 Å². The van der Waals surface area contributed by atoms with Crippen LogP contribution in [-0.4, -0.2) is 54.4 Å². The Labute approximate surface area is 122 Å². The second-order valence-corrected chi connectivity index (χ2v) is 6.51. The van der Waals surface area contributed by atoms with Crippen LogP contribution in [0.15, 0.2) is 29.2 Å². The number of aliphatic hydroxyl groups is 3. The Morgan fingerprint density at radius 2 is 1.67 bits per heavy atom. The molecule has 0 unspecified atom stereocenters. The second-order valence-electron chi connectivity index (χ2n) is 4.95. The molecule has 1 saturated heterocycles. The molecule has 2 rings (SSSR count). The molecule has 5 atom stereocenters. The van der Waals surface area contributed by atoms with E-state index in [1.807, 2.05) is 0 Å². The van der Waals surface area contributed by atoms with E-state index in [1.54, 1.807) is 6.92 Å². The number of primary sulfonamides is 1. The average molecular weight is 318 g/mol. The average Bonchev–Trinajstić information content (AvgIpc) is 2.42. The summed E-state index contributed by atoms with van der Waals surface area (Å²) in [5, 5.41) is 36.9. The molecule has 0 amide bonds. The Bertz CT molecular complexity index is 590. The smallest absolute Gasteiger partial charge is 0.238 e. The standard InChI is InChI=1S/C12H18N2O6S/c1-6-9(15)10(16)11(17)12(20-6)14-7-2-4-8(5-3-7)21(13,18)19/h2-6,9-12,14-17H,1H3,(H2,13,18,19)/t6-,9+,10+,11-,12-/m1/s1. The molecule has 118 valence electrons. The summed E-state index contributed by atoms with van der Waals surface area (Å²) in [6, 6.07) is 5.53. The minimum absolute atomic E-state index is 0.0398. The van der Waals surface area contributed by atoms with Crippen molar-refractivity contribution >= 4 is 15.7 Å². The molecule has 1 aromatic carbocycles. The zero-order valence-electron chi connectivity index (χ0n) is 11.2. The second kappa shape index (κ2) is 5.87. The molecule has 0 spiro atoms. The molecule has 0 bridgehead atoms. The third-order valence-electron chi connectivity index (χ3n) is 3.34. The molecule has 1 aliphatic heterocycles. The summed E-state index contributed by atoms with van der Waals surface area (Å²) in [5.41, 5.74) is 0.474. The molecular weight excluding hydrogens is 300 g/mol. The third-order valence-corrected chi connectivity index (χ3v) is 4.27. The van der Waals surface area contributed by atoms with Gasteiger partial charge in [0.05, 0.1) is 11.0 Å². The van der Waals surface area contributed by atoms with Gasteiger partial charge < -0.3 is 25.4 Å². The molecule has 0 saturated carbocycles. The fourth-order valence-corrected chi connectivity index (χ4v) is 2.59. The highest BCUT2D eigenvalue weighted by molar-refractivity contribution is 7.89. The van der Waals surface area contributed by atoms with Gasteiger partial charge in [0.25, 0.3) is 0 Å². The van der Waals surface area contributed by atoms with Crippen LogP contribution in [-0.2, 0) is 14.8 Å². The van der Waals surface area contributed by atoms with Gasteiger partial charge in [0.2, 0.25) is 10.0 Å². The lowest BCUT2D eigenvalue weighted by atomic mass is 9.99. The lowest BCUT2D eigenvalue weighted by molar-refractivity contribution is -0.209. The molecule has 9 heteroatoms. The van der Waals surface area contributed by atoms with Crippen molar-refractivity contribution in [1.29, 1.82) is 0 Å². The van der Waals surface area contributed by atoms with Gasteiger partial charge in [-0.15, -0.1) is 0 Å². The van der Waals surface area contributed by atoms with Gasteiger partial charge in [-0.3, -0.25) is 0 Å². The molecular formula is C12H18N2O6S. The predicted molar refractivity (Wildman–Crippen MR) is 73.8 cm³/mol. The fourth-order valence-electron chi connectivity index (χ4n) is 2.08. The molecule has 21 heavy (non-hydrogen) atoms. The van der Waals surface area contributed by atoms with E-state index in [-0.39, 0.29) is 4.90 Å². The van der Waals surface area contributed by atoms with Crippen molar-refractivity contribution in [3.63, 3.8) is 0 Å². The summed E-state index contributed by atoms with van der Waals surface area (Å²) >= 11 is 0. The summed E-state index contributed by atoms with van der Waals surface area (Å²) in [5.74, 6) is 0. The van der Waals surface area contributed by atoms with Crippen molar-refractivity contribution in [2.24, 2.45) is 5.14 Å². The van der Waals surface area contributed by atoms with Crippen molar-refractivity contribution in [3.05, 3.63) is 24.3 Å². The van der Waals surface area contributed by atoms with Crippen molar-refractivity contribution in [3.8, 4) is 0 Å². The van der Waals surface area contributed by atoms with E-state index in [9.17, 15) is 23.7 Å². The van der Waals surface area contributed by atoms with Crippen LogP contribution < -0.4 is 10.5 Å². The number of nitrogens with two attached hydrogens (primary N) is 1. The molecule has 6 N–H and O–H groups in total. The molecule has 1 fully saturated rings. The molecule has 0 aromatic heterocycles. The van der Waals surface area contributed by atoms with Gasteiger partial charge in [-0.05, 0) is 31.2 Å². The Balaban J connectivity index is 2.11. The first-order chi connectivity index (χ1) is 9.70. The summed E-state index contributed by atoms with van der Waals surface area (Å²) < 4.78 is 27.6. The lowest BCUT2D eigenvalue weighted by Crippen LogP contribution is -2.58. The Hall–Kier alpha value is -1.23. The summed E-state index contributed by atoms with van der Waals surface area (Å²) in [4.78, 5) is -0.0398. The molecule has 0 radical (unpaired) electrons. The first-order valence-electron chi connectivity index (χ1n) is 6.29. The summed E-state index contributed by atoms with van der Waals surface area (Å²) in [6.07, 6.45) is -5.44. The van der Waals surface area contributed by atoms with E-state index in [4.69, 9.17) is 9.88 Å². The van der Waals surface area contributed by atoms with Crippen molar-refractivity contribution < 1.29 is 28.5 Å². The van der Waals surface area contributed by atoms with Crippen LogP contribution in [0.5, 0.6) is 0 Å². The van der Waals surface area contributed by atoms with Crippen molar-refractivity contribution in [1.82, 2.24) is 0 Å². The van der Waals surface area contributed by atoms with Crippen LogP contribution in [0.1, 0.15) is 6.92 Å². The van der Waals surface area contributed by atoms with Gasteiger partial charge in [0, 0.05) is 5.69 Å². The van der Waals surface area contributed by atoms with Crippen LogP contribution in [0.3, 0.4) is 0 Å². The highest BCUT2D eigenvalue weighted by Gasteiger charge is 2.41. The van der Waals surface area contributed by atoms with Gasteiger partial charge in [-0.25, -0.2) is 13.6 Å². The number of hydrogen-bond acceptors (Lipinski definition) is 7. The van der Waals surface area contributed by atoms with Gasteiger partial charge >= 0.3 is 0 Å². The molecule has 1 aromatic rings. The zero-order valence-corrected chi connectivity index (χ0v) is 12.1. The monoisotopic (exact) mass is 318 g/mol. The van der Waals surface area contributed by atoms with Crippen molar-refractivity contribution in [2.75, 3.05) is 5.32 Å². The van der Waals surface area contributed by atoms with Gasteiger partial charge in [-0.2, -0.15) is 0 Å². The maximum Gasteiger partial charge on any atom is 0.238 e. The first-order valence-corrected chi connectivity index (χ1v) is 7.84. The number of benzene rings is 1. The van der Waals surface area contributed by atoms with Crippen LogP contribution in [0.4, 0.5) is 5.69 Å². The number of nitrogens with one attached hydrogen (secondary N) is 1. The molecule has 0 aliphatic carbocycles. The van der Waals surface area contributed by atoms with E-state index in [1.165, 1.54) is 24.3 Å². The Morgan fingerprint density at radius 1 is 1.10 bits per heavy atom. The molecule has 1 aliphatic rings. The van der Waals surface area contributed by atoms with Gasteiger partial charge in [0.1, 0.15) is 18.3 Å². The third kappa shape index (κ3) is 3.51. The minimum atomic E-state index is -3.77. The number of rotatable bonds is 3. The molecule has 1 heterocycles. The maximum absolute atomic E-state index is 11.1. The van der Waals surface area contributed by atoms with Crippen LogP contribution >= 0.6 is 0 Å². The SMILES string of the molecule is C[C@H]1O[C@@H](Nc2ccc(S(N)(=O)=O)cc2)[C@H](O)[C@@H](O)[C@H]1O. The van der Waals surface area contributed by atoms with E-state index < -0.39 is 40.7 Å². The first kappa shape index (κ1) is 16.1. The quantitative estimate of drug-likeness (QED) is 0.460. The molecule has 8 nitrogen and oxygen atoms in total. The largest absolute Gasteiger partial charge is 0.388 e. The Kier molecular flexibility index (Phi) is 4.51.